The van der Waals surface area contributed by atoms with Crippen molar-refractivity contribution in [1.82, 2.24) is 20.5 Å². The zero-order valence-corrected chi connectivity index (χ0v) is 13.2. The fourth-order valence-corrected chi connectivity index (χ4v) is 2.16. The van der Waals surface area contributed by atoms with Crippen molar-refractivity contribution in [3.63, 3.8) is 0 Å². The number of amides is 1. The smallest absolute Gasteiger partial charge is 0.406 e. The Balaban J connectivity index is 1.83. The van der Waals surface area contributed by atoms with Gasteiger partial charge in [-0.1, -0.05) is 11.6 Å². The first kappa shape index (κ1) is 18.7. The van der Waals surface area contributed by atoms with Crippen LogP contribution in [-0.4, -0.2) is 32.5 Å². The highest BCUT2D eigenvalue weighted by Gasteiger charge is 2.30. The van der Waals surface area contributed by atoms with E-state index in [2.05, 4.69) is 15.0 Å². The second-order valence-electron chi connectivity index (χ2n) is 5.29. The van der Waals surface area contributed by atoms with Crippen LogP contribution >= 0.6 is 0 Å². The second kappa shape index (κ2) is 8.47. The number of nitrogens with one attached hydrogen (secondary N) is 1. The summed E-state index contributed by atoms with van der Waals surface area (Å²) in [6.45, 7) is 0. The molecule has 1 aromatic heterocycles. The third-order valence-corrected chi connectivity index (χ3v) is 3.34. The van der Waals surface area contributed by atoms with Gasteiger partial charge in [0.1, 0.15) is 5.75 Å². The van der Waals surface area contributed by atoms with Crippen molar-refractivity contribution in [2.75, 3.05) is 0 Å². The summed E-state index contributed by atoms with van der Waals surface area (Å²) in [5.74, 6) is -0.715. The topological polar surface area (TPSA) is 89.3 Å². The van der Waals surface area contributed by atoms with Crippen LogP contribution in [0.15, 0.2) is 30.5 Å². The van der Waals surface area contributed by atoms with Gasteiger partial charge in [-0.15, -0.1) is 18.3 Å². The van der Waals surface area contributed by atoms with Crippen LogP contribution in [0.3, 0.4) is 0 Å². The molecule has 1 amide bonds. The van der Waals surface area contributed by atoms with Gasteiger partial charge in [-0.3, -0.25) is 10.0 Å². The van der Waals surface area contributed by atoms with Gasteiger partial charge in [0.15, 0.2) is 0 Å². The fraction of sp³-hybridized carbons (Fsp3) is 0.400. The number of rotatable bonds is 8. The maximum Gasteiger partial charge on any atom is 0.573 e. The van der Waals surface area contributed by atoms with Crippen LogP contribution in [-0.2, 0) is 11.2 Å². The molecule has 0 bridgehead atoms. The van der Waals surface area contributed by atoms with Gasteiger partial charge >= 0.3 is 6.36 Å². The standard InChI is InChI=1S/C15H17F3N4O3/c16-15(17,18)25-13-8-6-12(7-9-13)22-10-11(19-21-22)4-2-1-3-5-14(23)20-24/h6-10,24H,1-5H2,(H,20,23). The number of aromatic nitrogens is 3. The number of carbonyl (C=O) groups is 1. The summed E-state index contributed by atoms with van der Waals surface area (Å²) in [6.07, 6.45) is 0.145. The molecule has 0 spiro atoms. The Morgan fingerprint density at radius 1 is 1.20 bits per heavy atom. The van der Waals surface area contributed by atoms with Crippen molar-refractivity contribution < 1.29 is 27.9 Å². The number of alkyl halides is 3. The molecular weight excluding hydrogens is 341 g/mol. The van der Waals surface area contributed by atoms with Gasteiger partial charge in [0.25, 0.3) is 0 Å². The van der Waals surface area contributed by atoms with E-state index in [0.29, 0.717) is 18.5 Å². The molecule has 2 rings (SSSR count). The minimum atomic E-state index is -4.72. The van der Waals surface area contributed by atoms with Crippen molar-refractivity contribution >= 4 is 5.91 Å². The lowest BCUT2D eigenvalue weighted by molar-refractivity contribution is -0.274. The van der Waals surface area contributed by atoms with E-state index in [1.54, 1.807) is 11.7 Å². The number of nitrogens with zero attached hydrogens (tertiary/aromatic N) is 3. The number of hydrogen-bond acceptors (Lipinski definition) is 5. The maximum absolute atomic E-state index is 12.1. The predicted octanol–water partition coefficient (Wildman–Crippen LogP) is 2.77. The molecule has 0 atom stereocenters. The van der Waals surface area contributed by atoms with Gasteiger partial charge in [0.2, 0.25) is 5.91 Å². The maximum atomic E-state index is 12.1. The number of hydrogen-bond donors (Lipinski definition) is 2. The lowest BCUT2D eigenvalue weighted by Gasteiger charge is -2.08. The average Bonchev–Trinajstić information content (AvgIpc) is 3.02. The van der Waals surface area contributed by atoms with E-state index >= 15 is 0 Å². The normalized spacial score (nSPS) is 11.4. The largest absolute Gasteiger partial charge is 0.573 e. The lowest BCUT2D eigenvalue weighted by atomic mass is 10.1. The molecule has 10 heteroatoms. The van der Waals surface area contributed by atoms with Gasteiger partial charge in [0.05, 0.1) is 17.6 Å². The Morgan fingerprint density at radius 3 is 2.56 bits per heavy atom. The molecule has 2 aromatic rings. The number of carbonyl (C=O) groups excluding carboxylic acids is 1. The summed E-state index contributed by atoms with van der Waals surface area (Å²) in [6, 6.07) is 5.31. The van der Waals surface area contributed by atoms with E-state index in [-0.39, 0.29) is 12.2 Å². The van der Waals surface area contributed by atoms with E-state index in [4.69, 9.17) is 5.21 Å². The van der Waals surface area contributed by atoms with Crippen molar-refractivity contribution in [2.24, 2.45) is 0 Å². The van der Waals surface area contributed by atoms with Crippen molar-refractivity contribution in [3.05, 3.63) is 36.2 Å². The van der Waals surface area contributed by atoms with Crippen LogP contribution in [0.4, 0.5) is 13.2 Å². The van der Waals surface area contributed by atoms with E-state index in [9.17, 15) is 18.0 Å². The summed E-state index contributed by atoms with van der Waals surface area (Å²) in [7, 11) is 0. The SMILES string of the molecule is O=C(CCCCCc1cn(-c2ccc(OC(F)(F)F)cc2)nn1)NO. The molecular formula is C15H17F3N4O3. The molecule has 2 N–H and O–H groups in total. The molecule has 1 heterocycles. The van der Waals surface area contributed by atoms with E-state index in [1.807, 2.05) is 0 Å². The summed E-state index contributed by atoms with van der Waals surface area (Å²) < 4.78 is 41.6. The molecule has 0 fully saturated rings. The summed E-state index contributed by atoms with van der Waals surface area (Å²) in [5, 5.41) is 16.3. The fourth-order valence-electron chi connectivity index (χ4n) is 2.16. The van der Waals surface area contributed by atoms with E-state index in [1.165, 1.54) is 28.9 Å². The zero-order valence-electron chi connectivity index (χ0n) is 13.2. The Morgan fingerprint density at radius 2 is 1.92 bits per heavy atom. The Hall–Kier alpha value is -2.62. The molecule has 0 saturated carbocycles. The number of benzene rings is 1. The Bertz CT molecular complexity index is 686. The van der Waals surface area contributed by atoms with E-state index in [0.717, 1.165) is 18.5 Å². The molecule has 136 valence electrons. The summed E-state index contributed by atoms with van der Waals surface area (Å²) >= 11 is 0. The molecule has 0 unspecified atom stereocenters. The van der Waals surface area contributed by atoms with Gasteiger partial charge < -0.3 is 4.74 Å². The Kier molecular flexibility index (Phi) is 6.34. The summed E-state index contributed by atoms with van der Waals surface area (Å²) in [5.41, 5.74) is 2.88. The van der Waals surface area contributed by atoms with Crippen molar-refractivity contribution in [2.45, 2.75) is 38.5 Å². The van der Waals surface area contributed by atoms with Crippen LogP contribution in [0.5, 0.6) is 5.75 Å². The third kappa shape index (κ3) is 6.42. The van der Waals surface area contributed by atoms with Gasteiger partial charge in [0, 0.05) is 6.42 Å². The zero-order chi connectivity index (χ0) is 18.3. The number of ether oxygens (including phenoxy) is 1. The summed E-state index contributed by atoms with van der Waals surface area (Å²) in [4.78, 5) is 10.8. The quantitative estimate of drug-likeness (QED) is 0.430. The first-order valence-corrected chi connectivity index (χ1v) is 7.58. The second-order valence-corrected chi connectivity index (χ2v) is 5.29. The van der Waals surface area contributed by atoms with Gasteiger partial charge in [-0.25, -0.2) is 10.2 Å². The molecule has 0 aliphatic carbocycles. The minimum absolute atomic E-state index is 0.259. The van der Waals surface area contributed by atoms with Crippen LogP contribution in [0.2, 0.25) is 0 Å². The molecule has 1 aromatic carbocycles. The third-order valence-electron chi connectivity index (χ3n) is 3.34. The average molecular weight is 358 g/mol. The predicted molar refractivity (Wildman–Crippen MR) is 80.1 cm³/mol. The number of aryl methyl sites for hydroxylation is 1. The van der Waals surface area contributed by atoms with Crippen LogP contribution in [0.1, 0.15) is 31.4 Å². The highest BCUT2D eigenvalue weighted by atomic mass is 19.4. The molecule has 0 radical (unpaired) electrons. The molecule has 25 heavy (non-hydrogen) atoms. The van der Waals surface area contributed by atoms with Gasteiger partial charge in [-0.2, -0.15) is 0 Å². The van der Waals surface area contributed by atoms with Crippen LogP contribution < -0.4 is 10.2 Å². The highest BCUT2D eigenvalue weighted by Crippen LogP contribution is 2.23. The molecule has 0 aliphatic rings. The Labute approximate surface area is 141 Å². The molecule has 7 nitrogen and oxygen atoms in total. The lowest BCUT2D eigenvalue weighted by Crippen LogP contribution is -2.17. The molecule has 0 saturated heterocycles. The van der Waals surface area contributed by atoms with E-state index < -0.39 is 12.3 Å². The van der Waals surface area contributed by atoms with Crippen molar-refractivity contribution in [1.29, 1.82) is 0 Å². The van der Waals surface area contributed by atoms with Crippen LogP contribution in [0, 0.1) is 0 Å². The molecule has 0 aliphatic heterocycles. The van der Waals surface area contributed by atoms with Crippen LogP contribution in [0.25, 0.3) is 5.69 Å². The van der Waals surface area contributed by atoms with Gasteiger partial charge in [-0.05, 0) is 43.5 Å². The first-order chi connectivity index (χ1) is 11.9. The number of hydroxylamine groups is 1. The number of unbranched alkanes of at least 4 members (excludes halogenated alkanes) is 2. The monoisotopic (exact) mass is 358 g/mol. The minimum Gasteiger partial charge on any atom is -0.406 e. The number of halogens is 3. The first-order valence-electron chi connectivity index (χ1n) is 7.58. The highest BCUT2D eigenvalue weighted by molar-refractivity contribution is 5.74. The van der Waals surface area contributed by atoms with Crippen molar-refractivity contribution in [3.8, 4) is 11.4 Å².